The number of furan rings is 1. The van der Waals surface area contributed by atoms with E-state index in [1.165, 1.54) is 6.07 Å². The molecule has 1 aliphatic rings. The number of nitrogens with zero attached hydrogens (tertiary/aromatic N) is 2. The number of benzene rings is 3. The maximum absolute atomic E-state index is 15.9. The molecule has 1 N–H and O–H groups in total. The van der Waals surface area contributed by atoms with Crippen LogP contribution in [0.15, 0.2) is 95.6 Å². The summed E-state index contributed by atoms with van der Waals surface area (Å²) in [6.07, 6.45) is 1.10. The van der Waals surface area contributed by atoms with Crippen molar-refractivity contribution < 1.29 is 23.4 Å². The molecule has 1 fully saturated rings. The van der Waals surface area contributed by atoms with E-state index in [2.05, 4.69) is 4.98 Å². The fraction of sp³-hybridized carbons (Fsp3) is 0.194. The van der Waals surface area contributed by atoms with Crippen LogP contribution in [-0.4, -0.2) is 28.8 Å². The Bertz CT molecular complexity index is 1560. The second-order valence-electron chi connectivity index (χ2n) is 9.43. The summed E-state index contributed by atoms with van der Waals surface area (Å²) in [5.41, 5.74) is 3.99. The van der Waals surface area contributed by atoms with Gasteiger partial charge in [-0.2, -0.15) is 4.98 Å². The lowest BCUT2D eigenvalue weighted by molar-refractivity contribution is 0.0995. The molecule has 3 aromatic carbocycles. The summed E-state index contributed by atoms with van der Waals surface area (Å²) < 4.78 is 33.8. The Kier molecular flexibility index (Phi) is 6.43. The molecule has 6 nitrogen and oxygen atoms in total. The molecule has 2 aromatic heterocycles. The van der Waals surface area contributed by atoms with Gasteiger partial charge in [0, 0.05) is 35.2 Å². The van der Waals surface area contributed by atoms with Crippen LogP contribution in [0, 0.1) is 5.82 Å². The van der Waals surface area contributed by atoms with Crippen LogP contribution in [0.25, 0.3) is 22.1 Å². The van der Waals surface area contributed by atoms with E-state index in [0.29, 0.717) is 46.8 Å². The molecule has 192 valence electrons. The summed E-state index contributed by atoms with van der Waals surface area (Å²) in [4.78, 5) is 6.57. The van der Waals surface area contributed by atoms with Crippen LogP contribution >= 0.6 is 0 Å². The number of aliphatic hydroxyl groups is 1. The number of β-amino-alcohol motifs (C(OH)–C–C–N with tert-alkyl or cyclic N) is 1. The molecule has 2 atom stereocenters. The molecule has 0 bridgehead atoms. The third-order valence-electron chi connectivity index (χ3n) is 6.96. The van der Waals surface area contributed by atoms with E-state index >= 15 is 4.39 Å². The molecule has 5 aromatic rings. The van der Waals surface area contributed by atoms with Gasteiger partial charge >= 0.3 is 0 Å². The van der Waals surface area contributed by atoms with E-state index in [1.807, 2.05) is 72.5 Å². The summed E-state index contributed by atoms with van der Waals surface area (Å²) in [6.45, 7) is 2.94. The van der Waals surface area contributed by atoms with Gasteiger partial charge < -0.3 is 23.9 Å². The molecule has 7 heteroatoms. The van der Waals surface area contributed by atoms with Gasteiger partial charge in [-0.05, 0) is 30.2 Å². The molecule has 1 aliphatic heterocycles. The maximum atomic E-state index is 15.9. The fourth-order valence-electron chi connectivity index (χ4n) is 4.75. The number of fused-ring (bicyclic) bond motifs is 1. The van der Waals surface area contributed by atoms with Gasteiger partial charge in [0.05, 0.1) is 24.1 Å². The van der Waals surface area contributed by atoms with Crippen LogP contribution in [0.1, 0.15) is 18.1 Å². The zero-order valence-electron chi connectivity index (χ0n) is 20.9. The van der Waals surface area contributed by atoms with Crippen molar-refractivity contribution in [2.24, 2.45) is 0 Å². The van der Waals surface area contributed by atoms with Crippen LogP contribution < -0.4 is 14.4 Å². The number of aromatic nitrogens is 1. The van der Waals surface area contributed by atoms with E-state index in [4.69, 9.17) is 13.9 Å². The number of rotatable bonds is 8. The first-order valence-corrected chi connectivity index (χ1v) is 12.6. The molecule has 0 aliphatic carbocycles. The SMILES string of the molecule is C[C@H]1[C@H](O)CN1c1cc(F)c(-c2ccc(OCc3ccccc3)nc2OCc2ccccc2)c2ccoc12. The van der Waals surface area contributed by atoms with Gasteiger partial charge in [-0.25, -0.2) is 4.39 Å². The van der Waals surface area contributed by atoms with Gasteiger partial charge in [0.2, 0.25) is 11.8 Å². The Balaban J connectivity index is 1.39. The average Bonchev–Trinajstić information content (AvgIpc) is 3.44. The Morgan fingerprint density at radius 3 is 2.29 bits per heavy atom. The van der Waals surface area contributed by atoms with E-state index in [0.717, 1.165) is 11.1 Å². The van der Waals surface area contributed by atoms with Crippen LogP contribution in [0.3, 0.4) is 0 Å². The van der Waals surface area contributed by atoms with Gasteiger partial charge in [-0.1, -0.05) is 60.7 Å². The molecule has 0 saturated carbocycles. The average molecular weight is 511 g/mol. The first-order valence-electron chi connectivity index (χ1n) is 12.6. The minimum absolute atomic E-state index is 0.124. The fourth-order valence-corrected chi connectivity index (χ4v) is 4.75. The monoisotopic (exact) mass is 510 g/mol. The van der Waals surface area contributed by atoms with Gasteiger partial charge in [0.15, 0.2) is 5.58 Å². The standard InChI is InChI=1S/C31H27FN2O4/c1-20-27(35)17-34(20)26-16-25(32)29(23-14-15-36-30(23)26)24-12-13-28(37-18-21-8-4-2-5-9-21)33-31(24)38-19-22-10-6-3-7-11-22/h2-16,20,27,35H,17-19H2,1H3/t20-,27+/m0/s1. The lowest BCUT2D eigenvalue weighted by Gasteiger charge is -2.45. The Morgan fingerprint density at radius 2 is 1.63 bits per heavy atom. The number of ether oxygens (including phenoxy) is 2. The quantitative estimate of drug-likeness (QED) is 0.262. The number of hydrogen-bond acceptors (Lipinski definition) is 6. The van der Waals surface area contributed by atoms with Gasteiger partial charge in [0.1, 0.15) is 19.0 Å². The molecule has 0 radical (unpaired) electrons. The van der Waals surface area contributed by atoms with Crippen molar-refractivity contribution in [1.29, 1.82) is 0 Å². The molecular formula is C31H27FN2O4. The highest BCUT2D eigenvalue weighted by atomic mass is 19.1. The van der Waals surface area contributed by atoms with Gasteiger partial charge in [-0.3, -0.25) is 0 Å². The summed E-state index contributed by atoms with van der Waals surface area (Å²) in [6, 6.07) is 26.1. The van der Waals surface area contributed by atoms with E-state index in [-0.39, 0.29) is 18.5 Å². The van der Waals surface area contributed by atoms with Crippen molar-refractivity contribution >= 4 is 16.7 Å². The van der Waals surface area contributed by atoms with E-state index in [9.17, 15) is 5.11 Å². The first kappa shape index (κ1) is 24.0. The minimum atomic E-state index is -0.451. The van der Waals surface area contributed by atoms with Crippen molar-refractivity contribution in [3.8, 4) is 22.9 Å². The number of anilines is 1. The Labute approximate surface area is 219 Å². The summed E-state index contributed by atoms with van der Waals surface area (Å²) in [5, 5.41) is 10.6. The molecule has 3 heterocycles. The normalized spacial score (nSPS) is 16.9. The van der Waals surface area contributed by atoms with Crippen molar-refractivity contribution in [3.63, 3.8) is 0 Å². The number of pyridine rings is 1. The third-order valence-corrected chi connectivity index (χ3v) is 6.96. The zero-order valence-corrected chi connectivity index (χ0v) is 20.9. The van der Waals surface area contributed by atoms with E-state index < -0.39 is 11.9 Å². The largest absolute Gasteiger partial charge is 0.473 e. The predicted molar refractivity (Wildman–Crippen MR) is 144 cm³/mol. The highest BCUT2D eigenvalue weighted by Gasteiger charge is 2.36. The van der Waals surface area contributed by atoms with Crippen molar-refractivity contribution in [1.82, 2.24) is 4.98 Å². The summed E-state index contributed by atoms with van der Waals surface area (Å²) >= 11 is 0. The molecular weight excluding hydrogens is 483 g/mol. The van der Waals surface area contributed by atoms with Crippen LogP contribution in [0.2, 0.25) is 0 Å². The summed E-state index contributed by atoms with van der Waals surface area (Å²) in [7, 11) is 0. The lowest BCUT2D eigenvalue weighted by atomic mass is 9.96. The summed E-state index contributed by atoms with van der Waals surface area (Å²) in [5.74, 6) is 0.220. The third kappa shape index (κ3) is 4.57. The molecule has 0 unspecified atom stereocenters. The maximum Gasteiger partial charge on any atom is 0.225 e. The number of aliphatic hydroxyl groups excluding tert-OH is 1. The van der Waals surface area contributed by atoms with E-state index in [1.54, 1.807) is 24.5 Å². The highest BCUT2D eigenvalue weighted by Crippen LogP contribution is 2.43. The van der Waals surface area contributed by atoms with Gasteiger partial charge in [-0.15, -0.1) is 0 Å². The van der Waals surface area contributed by atoms with Crippen LogP contribution in [0.5, 0.6) is 11.8 Å². The van der Waals surface area contributed by atoms with Crippen molar-refractivity contribution in [3.05, 3.63) is 108 Å². The second kappa shape index (κ2) is 10.2. The smallest absolute Gasteiger partial charge is 0.225 e. The lowest BCUT2D eigenvalue weighted by Crippen LogP contribution is -2.58. The Morgan fingerprint density at radius 1 is 0.947 bits per heavy atom. The van der Waals surface area contributed by atoms with Crippen molar-refractivity contribution in [2.75, 3.05) is 11.4 Å². The topological polar surface area (TPSA) is 68.0 Å². The predicted octanol–water partition coefficient (Wildman–Crippen LogP) is 6.36. The highest BCUT2D eigenvalue weighted by molar-refractivity contribution is 6.02. The Hall–Kier alpha value is -4.36. The molecule has 6 rings (SSSR count). The zero-order chi connectivity index (χ0) is 26.1. The molecule has 0 amide bonds. The van der Waals surface area contributed by atoms with Crippen LogP contribution in [0.4, 0.5) is 10.1 Å². The van der Waals surface area contributed by atoms with Crippen molar-refractivity contribution in [2.45, 2.75) is 32.3 Å². The molecule has 1 saturated heterocycles. The van der Waals surface area contributed by atoms with Crippen LogP contribution in [-0.2, 0) is 13.2 Å². The molecule has 0 spiro atoms. The van der Waals surface area contributed by atoms with Gasteiger partial charge in [0.25, 0.3) is 0 Å². The number of halogens is 1. The molecule has 38 heavy (non-hydrogen) atoms. The second-order valence-corrected chi connectivity index (χ2v) is 9.43. The minimum Gasteiger partial charge on any atom is -0.473 e. The number of hydrogen-bond donors (Lipinski definition) is 1. The first-order chi connectivity index (χ1) is 18.6.